The van der Waals surface area contributed by atoms with E-state index in [9.17, 15) is 4.79 Å². The number of rotatable bonds is 6. The first-order chi connectivity index (χ1) is 12.8. The fourth-order valence-electron chi connectivity index (χ4n) is 2.24. The molecule has 4 aromatic rings. The molecule has 26 heavy (non-hydrogen) atoms. The number of nitrogens with one attached hydrogen (secondary N) is 1. The second-order valence-corrected chi connectivity index (χ2v) is 7.92. The molecule has 0 radical (unpaired) electrons. The number of amides is 1. The molecule has 4 rings (SSSR count). The van der Waals surface area contributed by atoms with Gasteiger partial charge in [0.15, 0.2) is 0 Å². The van der Waals surface area contributed by atoms with Gasteiger partial charge >= 0.3 is 0 Å². The van der Waals surface area contributed by atoms with Crippen molar-refractivity contribution in [1.29, 1.82) is 0 Å². The van der Waals surface area contributed by atoms with Gasteiger partial charge in [-0.05, 0) is 11.4 Å². The molecule has 0 fully saturated rings. The van der Waals surface area contributed by atoms with Gasteiger partial charge in [-0.15, -0.1) is 34.0 Å². The quantitative estimate of drug-likeness (QED) is 0.534. The number of thiophene rings is 1. The van der Waals surface area contributed by atoms with Crippen LogP contribution in [0.5, 0.6) is 0 Å². The van der Waals surface area contributed by atoms with E-state index >= 15 is 0 Å². The van der Waals surface area contributed by atoms with Crippen molar-refractivity contribution >= 4 is 39.9 Å². The van der Waals surface area contributed by atoms with E-state index in [-0.39, 0.29) is 5.91 Å². The lowest BCUT2D eigenvalue weighted by Gasteiger charge is -2.01. The summed E-state index contributed by atoms with van der Waals surface area (Å²) in [5.41, 5.74) is 2.14. The number of thiazole rings is 2. The Balaban J connectivity index is 1.32. The molecule has 4 heterocycles. The van der Waals surface area contributed by atoms with E-state index in [0.717, 1.165) is 26.3 Å². The maximum absolute atomic E-state index is 12.2. The molecule has 0 bridgehead atoms. The van der Waals surface area contributed by atoms with Crippen molar-refractivity contribution < 1.29 is 4.79 Å². The predicted octanol–water partition coefficient (Wildman–Crippen LogP) is 3.76. The highest BCUT2D eigenvalue weighted by Gasteiger charge is 2.12. The van der Waals surface area contributed by atoms with E-state index in [1.54, 1.807) is 35.3 Å². The summed E-state index contributed by atoms with van der Waals surface area (Å²) >= 11 is 4.62. The van der Waals surface area contributed by atoms with Crippen molar-refractivity contribution in [3.63, 3.8) is 0 Å². The Morgan fingerprint density at radius 1 is 1.08 bits per heavy atom. The van der Waals surface area contributed by atoms with Crippen LogP contribution in [0.2, 0.25) is 0 Å². The van der Waals surface area contributed by atoms with Gasteiger partial charge in [0.2, 0.25) is 0 Å². The maximum atomic E-state index is 12.2. The van der Waals surface area contributed by atoms with Crippen LogP contribution < -0.4 is 5.32 Å². The number of carbonyl (C=O) groups is 1. The van der Waals surface area contributed by atoms with E-state index in [1.165, 1.54) is 22.7 Å². The molecular weight excluding hydrogens is 386 g/mol. The van der Waals surface area contributed by atoms with Gasteiger partial charge in [0.25, 0.3) is 5.91 Å². The third kappa shape index (κ3) is 3.85. The summed E-state index contributed by atoms with van der Waals surface area (Å²) in [5.74, 6) is -0.159. The predicted molar refractivity (Wildman–Crippen MR) is 105 cm³/mol. The molecule has 0 unspecified atom stereocenters. The van der Waals surface area contributed by atoms with Crippen molar-refractivity contribution in [2.24, 2.45) is 0 Å². The summed E-state index contributed by atoms with van der Waals surface area (Å²) < 4.78 is 0. The molecule has 0 aliphatic carbocycles. The van der Waals surface area contributed by atoms with Crippen LogP contribution in [0.4, 0.5) is 0 Å². The number of nitrogens with zero attached hydrogens (tertiary/aromatic N) is 4. The molecule has 9 heteroatoms. The molecule has 0 aromatic carbocycles. The Bertz CT molecular complexity index is 995. The molecule has 6 nitrogen and oxygen atoms in total. The zero-order valence-corrected chi connectivity index (χ0v) is 15.9. The Labute approximate surface area is 161 Å². The van der Waals surface area contributed by atoms with E-state index in [1.807, 2.05) is 22.9 Å². The molecule has 0 aliphatic heterocycles. The molecule has 1 N–H and O–H groups in total. The lowest BCUT2D eigenvalue weighted by Crippen LogP contribution is -2.26. The Hall–Kier alpha value is -2.49. The SMILES string of the molecule is O=C(NCCc1csc(-c2cnccn2)n1)c1csc(-c2cccs2)n1. The molecule has 0 saturated heterocycles. The average Bonchev–Trinajstić information content (AvgIpc) is 3.42. The average molecular weight is 400 g/mol. The zero-order valence-electron chi connectivity index (χ0n) is 13.5. The molecule has 130 valence electrons. The first kappa shape index (κ1) is 17.0. The van der Waals surface area contributed by atoms with Gasteiger partial charge in [-0.25, -0.2) is 9.97 Å². The minimum Gasteiger partial charge on any atom is -0.350 e. The monoisotopic (exact) mass is 399 g/mol. The minimum atomic E-state index is -0.159. The lowest BCUT2D eigenvalue weighted by atomic mass is 10.3. The van der Waals surface area contributed by atoms with Crippen LogP contribution in [0, 0.1) is 0 Å². The lowest BCUT2D eigenvalue weighted by molar-refractivity contribution is 0.0950. The van der Waals surface area contributed by atoms with Crippen LogP contribution in [0.15, 0.2) is 46.9 Å². The minimum absolute atomic E-state index is 0.159. The van der Waals surface area contributed by atoms with Crippen molar-refractivity contribution in [2.75, 3.05) is 6.54 Å². The number of hydrogen-bond acceptors (Lipinski definition) is 8. The van der Waals surface area contributed by atoms with Crippen LogP contribution in [0.1, 0.15) is 16.2 Å². The van der Waals surface area contributed by atoms with Crippen molar-refractivity contribution in [1.82, 2.24) is 25.3 Å². The molecule has 1 amide bonds. The topological polar surface area (TPSA) is 80.7 Å². The first-order valence-corrected chi connectivity index (χ1v) is 10.4. The molecular formula is C17H13N5OS3. The van der Waals surface area contributed by atoms with Crippen molar-refractivity contribution in [3.05, 3.63) is 58.3 Å². The summed E-state index contributed by atoms with van der Waals surface area (Å²) in [6.07, 6.45) is 5.63. The summed E-state index contributed by atoms with van der Waals surface area (Å²) in [6, 6.07) is 3.98. The summed E-state index contributed by atoms with van der Waals surface area (Å²) in [5, 5.41) is 10.4. The van der Waals surface area contributed by atoms with Crippen LogP contribution in [-0.4, -0.2) is 32.4 Å². The zero-order chi connectivity index (χ0) is 17.8. The van der Waals surface area contributed by atoms with Crippen molar-refractivity contribution in [2.45, 2.75) is 6.42 Å². The van der Waals surface area contributed by atoms with Gasteiger partial charge in [-0.3, -0.25) is 14.8 Å². The van der Waals surface area contributed by atoms with Crippen LogP contribution in [-0.2, 0) is 6.42 Å². The van der Waals surface area contributed by atoms with Gasteiger partial charge in [0, 0.05) is 36.1 Å². The van der Waals surface area contributed by atoms with Crippen LogP contribution in [0.3, 0.4) is 0 Å². The highest BCUT2D eigenvalue weighted by atomic mass is 32.1. The maximum Gasteiger partial charge on any atom is 0.270 e. The van der Waals surface area contributed by atoms with Crippen LogP contribution in [0.25, 0.3) is 20.6 Å². The highest BCUT2D eigenvalue weighted by Crippen LogP contribution is 2.27. The fourth-order valence-corrected chi connectivity index (χ4v) is 4.66. The summed E-state index contributed by atoms with van der Waals surface area (Å²) in [6.45, 7) is 0.508. The Morgan fingerprint density at radius 3 is 2.81 bits per heavy atom. The molecule has 4 aromatic heterocycles. The van der Waals surface area contributed by atoms with Gasteiger partial charge in [0.05, 0.1) is 16.8 Å². The van der Waals surface area contributed by atoms with Gasteiger partial charge < -0.3 is 5.32 Å². The third-order valence-corrected chi connectivity index (χ3v) is 6.26. The highest BCUT2D eigenvalue weighted by molar-refractivity contribution is 7.20. The second-order valence-electron chi connectivity index (χ2n) is 5.26. The molecule has 0 saturated carbocycles. The van der Waals surface area contributed by atoms with E-state index in [4.69, 9.17) is 0 Å². The largest absolute Gasteiger partial charge is 0.350 e. The normalized spacial score (nSPS) is 10.8. The number of hydrogen-bond donors (Lipinski definition) is 1. The summed E-state index contributed by atoms with van der Waals surface area (Å²) in [4.78, 5) is 30.6. The smallest absolute Gasteiger partial charge is 0.270 e. The standard InChI is InChI=1S/C17H13N5OS3/c23-15(13-10-26-17(22-13)14-2-1-7-24-14)20-4-3-11-9-25-16(21-11)12-8-18-5-6-19-12/h1-2,5-10H,3-4H2,(H,20,23). The molecule has 0 spiro atoms. The third-order valence-electron chi connectivity index (χ3n) is 3.47. The number of carbonyl (C=O) groups excluding carboxylic acids is 1. The Kier molecular flexibility index (Phi) is 5.09. The van der Waals surface area contributed by atoms with Gasteiger partial charge in [-0.1, -0.05) is 6.07 Å². The van der Waals surface area contributed by atoms with Crippen LogP contribution >= 0.6 is 34.0 Å². The molecule has 0 aliphatic rings. The van der Waals surface area contributed by atoms with E-state index in [0.29, 0.717) is 18.7 Å². The van der Waals surface area contributed by atoms with Crippen molar-refractivity contribution in [3.8, 4) is 20.6 Å². The van der Waals surface area contributed by atoms with Gasteiger partial charge in [0.1, 0.15) is 21.4 Å². The fraction of sp³-hybridized carbons (Fsp3) is 0.118. The first-order valence-electron chi connectivity index (χ1n) is 7.78. The second kappa shape index (κ2) is 7.81. The Morgan fingerprint density at radius 2 is 2.00 bits per heavy atom. The number of aromatic nitrogens is 4. The summed E-state index contributed by atoms with van der Waals surface area (Å²) in [7, 11) is 0. The van der Waals surface area contributed by atoms with Gasteiger partial charge in [-0.2, -0.15) is 0 Å². The van der Waals surface area contributed by atoms with E-state index in [2.05, 4.69) is 25.3 Å². The molecule has 0 atom stereocenters. The van der Waals surface area contributed by atoms with E-state index < -0.39 is 0 Å².